The molecule has 4 rings (SSSR count). The van der Waals surface area contributed by atoms with E-state index >= 15 is 0 Å². The number of amides is 2. The van der Waals surface area contributed by atoms with E-state index in [4.69, 9.17) is 9.47 Å². The van der Waals surface area contributed by atoms with E-state index in [1.807, 2.05) is 6.92 Å². The third kappa shape index (κ3) is 3.07. The summed E-state index contributed by atoms with van der Waals surface area (Å²) in [5, 5.41) is 2.01. The number of hydrogen-bond donors (Lipinski definition) is 1. The van der Waals surface area contributed by atoms with Crippen molar-refractivity contribution in [2.45, 2.75) is 23.7 Å². The number of thioether (sulfide) groups is 1. The van der Waals surface area contributed by atoms with Crippen molar-refractivity contribution in [1.82, 2.24) is 5.32 Å². The summed E-state index contributed by atoms with van der Waals surface area (Å²) in [6.45, 7) is 2.27. The molecule has 0 saturated carbocycles. The molecule has 0 bridgehead atoms. The monoisotopic (exact) mass is 423 g/mol. The van der Waals surface area contributed by atoms with Crippen LogP contribution in [0.2, 0.25) is 0 Å². The lowest BCUT2D eigenvalue weighted by Gasteiger charge is -2.38. The zero-order valence-electron chi connectivity index (χ0n) is 15.4. The standard InChI is InChI=1S/C19H16F3N3O3S/c1-3-28-13-8-9-14-15(10-13)29-17-24-18(19(20,21)22,23-16(26)25(14)17)11-4-6-12(27-2)7-5-11/h4-10H,3H2,1-2H3,(H,23,26). The van der Waals surface area contributed by atoms with Gasteiger partial charge in [-0.25, -0.2) is 14.7 Å². The van der Waals surface area contributed by atoms with Crippen LogP contribution in [0.1, 0.15) is 12.5 Å². The molecule has 1 unspecified atom stereocenters. The Morgan fingerprint density at radius 1 is 1.17 bits per heavy atom. The van der Waals surface area contributed by atoms with Crippen LogP contribution in [0.15, 0.2) is 52.4 Å². The number of rotatable bonds is 4. The van der Waals surface area contributed by atoms with Gasteiger partial charge in [0.2, 0.25) is 0 Å². The number of carbonyl (C=O) groups excluding carboxylic acids is 1. The fourth-order valence-electron chi connectivity index (χ4n) is 3.18. The minimum absolute atomic E-state index is 0.0504. The van der Waals surface area contributed by atoms with Gasteiger partial charge in [-0.05, 0) is 49.0 Å². The largest absolute Gasteiger partial charge is 0.497 e. The van der Waals surface area contributed by atoms with E-state index in [9.17, 15) is 18.0 Å². The van der Waals surface area contributed by atoms with E-state index in [0.29, 0.717) is 28.7 Å². The molecule has 0 aromatic heterocycles. The molecule has 2 amide bonds. The van der Waals surface area contributed by atoms with Crippen molar-refractivity contribution >= 4 is 28.6 Å². The normalized spacial score (nSPS) is 20.5. The van der Waals surface area contributed by atoms with E-state index in [2.05, 4.69) is 10.3 Å². The molecule has 2 aliphatic rings. The number of nitrogens with zero attached hydrogens (tertiary/aromatic N) is 2. The molecule has 0 aliphatic carbocycles. The number of hydrogen-bond acceptors (Lipinski definition) is 5. The molecular formula is C19H16F3N3O3S. The van der Waals surface area contributed by atoms with Crippen molar-refractivity contribution in [2.75, 3.05) is 18.6 Å². The third-order valence-corrected chi connectivity index (χ3v) is 5.55. The molecule has 2 heterocycles. The predicted molar refractivity (Wildman–Crippen MR) is 103 cm³/mol. The van der Waals surface area contributed by atoms with Gasteiger partial charge in [-0.2, -0.15) is 13.2 Å². The summed E-state index contributed by atoms with van der Waals surface area (Å²) in [6.07, 6.45) is -4.86. The first-order valence-corrected chi connectivity index (χ1v) is 9.49. The van der Waals surface area contributed by atoms with Crippen molar-refractivity contribution in [3.05, 3.63) is 48.0 Å². The number of methoxy groups -OCH3 is 1. The summed E-state index contributed by atoms with van der Waals surface area (Å²) in [6, 6.07) is 9.34. The van der Waals surface area contributed by atoms with Crippen LogP contribution in [-0.4, -0.2) is 31.1 Å². The number of benzene rings is 2. The summed E-state index contributed by atoms with van der Waals surface area (Å²) in [5.41, 5.74) is -2.64. The molecule has 1 N–H and O–H groups in total. The van der Waals surface area contributed by atoms with Crippen LogP contribution in [0.3, 0.4) is 0 Å². The molecule has 0 saturated heterocycles. The Kier molecular flexibility index (Phi) is 4.60. The van der Waals surface area contributed by atoms with Crippen molar-refractivity contribution in [2.24, 2.45) is 4.99 Å². The number of halogens is 3. The minimum Gasteiger partial charge on any atom is -0.497 e. The van der Waals surface area contributed by atoms with E-state index < -0.39 is 17.9 Å². The Morgan fingerprint density at radius 2 is 1.86 bits per heavy atom. The first kappa shape index (κ1) is 19.4. The molecule has 0 fully saturated rings. The van der Waals surface area contributed by atoms with Gasteiger partial charge in [-0.1, -0.05) is 12.1 Å². The molecule has 2 aliphatic heterocycles. The smallest absolute Gasteiger partial charge is 0.436 e. The SMILES string of the molecule is CCOc1ccc2c(c1)SC1=NC(c3ccc(OC)cc3)(C(F)(F)F)NC(=O)N12. The summed E-state index contributed by atoms with van der Waals surface area (Å²) < 4.78 is 53.0. The van der Waals surface area contributed by atoms with E-state index in [1.165, 1.54) is 31.4 Å². The first-order valence-electron chi connectivity index (χ1n) is 8.67. The quantitative estimate of drug-likeness (QED) is 0.787. The van der Waals surface area contributed by atoms with Crippen LogP contribution in [-0.2, 0) is 5.66 Å². The van der Waals surface area contributed by atoms with Gasteiger partial charge < -0.3 is 14.8 Å². The topological polar surface area (TPSA) is 63.2 Å². The highest BCUT2D eigenvalue weighted by atomic mass is 32.2. The van der Waals surface area contributed by atoms with Crippen LogP contribution in [0.4, 0.5) is 23.7 Å². The number of anilines is 1. The second-order valence-corrected chi connectivity index (χ2v) is 7.27. The summed E-state index contributed by atoms with van der Waals surface area (Å²) in [7, 11) is 1.41. The van der Waals surface area contributed by atoms with Gasteiger partial charge in [0.25, 0.3) is 5.66 Å². The van der Waals surface area contributed by atoms with E-state index in [-0.39, 0.29) is 10.7 Å². The van der Waals surface area contributed by atoms with Gasteiger partial charge in [-0.3, -0.25) is 0 Å². The van der Waals surface area contributed by atoms with Crippen molar-refractivity contribution in [1.29, 1.82) is 0 Å². The van der Waals surface area contributed by atoms with Crippen molar-refractivity contribution < 1.29 is 27.4 Å². The average Bonchev–Trinajstić information content (AvgIpc) is 3.05. The Hall–Kier alpha value is -2.88. The van der Waals surface area contributed by atoms with Gasteiger partial charge in [0.1, 0.15) is 11.5 Å². The highest BCUT2D eigenvalue weighted by Gasteiger charge is 2.61. The number of fused-ring (bicyclic) bond motifs is 3. The van der Waals surface area contributed by atoms with Gasteiger partial charge >= 0.3 is 12.2 Å². The fourth-order valence-corrected chi connectivity index (χ4v) is 4.27. The van der Waals surface area contributed by atoms with Gasteiger partial charge in [0.05, 0.1) is 19.4 Å². The maximum Gasteiger partial charge on any atom is 0.436 e. The molecule has 0 radical (unpaired) electrons. The van der Waals surface area contributed by atoms with Crippen molar-refractivity contribution in [3.8, 4) is 11.5 Å². The second-order valence-electron chi connectivity index (χ2n) is 6.26. The number of alkyl halides is 3. The lowest BCUT2D eigenvalue weighted by Crippen LogP contribution is -2.62. The number of urea groups is 1. The zero-order valence-corrected chi connectivity index (χ0v) is 16.2. The molecule has 6 nitrogen and oxygen atoms in total. The van der Waals surface area contributed by atoms with Gasteiger partial charge in [0.15, 0.2) is 5.17 Å². The highest BCUT2D eigenvalue weighted by Crippen LogP contribution is 2.49. The number of ether oxygens (including phenoxy) is 2. The molecule has 1 atom stereocenters. The van der Waals surface area contributed by atoms with Gasteiger partial charge in [-0.15, -0.1) is 0 Å². The van der Waals surface area contributed by atoms with Crippen molar-refractivity contribution in [3.63, 3.8) is 0 Å². The average molecular weight is 423 g/mol. The first-order chi connectivity index (χ1) is 13.8. The second kappa shape index (κ2) is 6.87. The number of nitrogens with one attached hydrogen (secondary N) is 1. The third-order valence-electron chi connectivity index (χ3n) is 4.55. The van der Waals surface area contributed by atoms with Crippen LogP contribution in [0.25, 0.3) is 0 Å². The Bertz CT molecular complexity index is 994. The Labute approximate surface area is 168 Å². The number of carbonyl (C=O) groups is 1. The summed E-state index contributed by atoms with van der Waals surface area (Å²) >= 11 is 0.995. The highest BCUT2D eigenvalue weighted by molar-refractivity contribution is 8.15. The molecule has 2 aromatic rings. The zero-order chi connectivity index (χ0) is 20.8. The van der Waals surface area contributed by atoms with Gasteiger partial charge in [0, 0.05) is 10.5 Å². The Morgan fingerprint density at radius 3 is 2.48 bits per heavy atom. The molecule has 152 valence electrons. The number of aliphatic imine (C=N–C) groups is 1. The van der Waals surface area contributed by atoms with Crippen LogP contribution in [0.5, 0.6) is 11.5 Å². The maximum atomic E-state index is 14.2. The summed E-state index contributed by atoms with van der Waals surface area (Å²) in [5.74, 6) is 0.963. The summed E-state index contributed by atoms with van der Waals surface area (Å²) in [4.78, 5) is 18.5. The lowest BCUT2D eigenvalue weighted by atomic mass is 9.98. The number of amidine groups is 1. The van der Waals surface area contributed by atoms with E-state index in [0.717, 1.165) is 16.7 Å². The fraction of sp³-hybridized carbons (Fsp3) is 0.263. The minimum atomic E-state index is -4.86. The molecule has 29 heavy (non-hydrogen) atoms. The van der Waals surface area contributed by atoms with Crippen LogP contribution < -0.4 is 19.7 Å². The maximum absolute atomic E-state index is 14.2. The molecule has 2 aromatic carbocycles. The molecule has 10 heteroatoms. The van der Waals surface area contributed by atoms with Crippen LogP contribution in [0, 0.1) is 0 Å². The molecular weight excluding hydrogens is 407 g/mol. The molecule has 0 spiro atoms. The Balaban J connectivity index is 1.82. The van der Waals surface area contributed by atoms with Crippen LogP contribution >= 0.6 is 11.8 Å². The van der Waals surface area contributed by atoms with E-state index in [1.54, 1.807) is 18.2 Å². The lowest BCUT2D eigenvalue weighted by molar-refractivity contribution is -0.195. The predicted octanol–water partition coefficient (Wildman–Crippen LogP) is 4.50.